The van der Waals surface area contributed by atoms with Crippen LogP contribution in [-0.2, 0) is 14.8 Å². The molecule has 0 saturated heterocycles. The van der Waals surface area contributed by atoms with E-state index in [4.69, 9.17) is 0 Å². The average Bonchev–Trinajstić information content (AvgIpc) is 3.46. The molecule has 1 aliphatic heterocycles. The minimum absolute atomic E-state index is 0.0355. The second kappa shape index (κ2) is 6.93. The summed E-state index contributed by atoms with van der Waals surface area (Å²) in [7, 11) is -3.54. The highest BCUT2D eigenvalue weighted by Crippen LogP contribution is 2.40. The summed E-state index contributed by atoms with van der Waals surface area (Å²) in [6.07, 6.45) is 7.08. The van der Waals surface area contributed by atoms with Gasteiger partial charge in [0.2, 0.25) is 15.9 Å². The van der Waals surface area contributed by atoms with Crippen LogP contribution in [0.2, 0.25) is 0 Å². The summed E-state index contributed by atoms with van der Waals surface area (Å²) in [4.78, 5) is 15.6. The summed E-state index contributed by atoms with van der Waals surface area (Å²) < 4.78 is 28.4. The molecule has 1 amide bonds. The molecule has 1 N–H and O–H groups in total. The molecule has 1 aromatic carbocycles. The Balaban J connectivity index is 1.60. The third-order valence-electron chi connectivity index (χ3n) is 5.22. The third kappa shape index (κ3) is 3.73. The SMILES string of the molecule is O=C(C1CC1)N1CCSc2ccc(S(=O)(=O)NC3CCCCC3)cc21. The van der Waals surface area contributed by atoms with E-state index in [-0.39, 0.29) is 22.8 Å². The largest absolute Gasteiger partial charge is 0.310 e. The van der Waals surface area contributed by atoms with Crippen molar-refractivity contribution in [3.63, 3.8) is 0 Å². The molecule has 1 heterocycles. The Hall–Kier alpha value is -1.05. The molecule has 4 rings (SSSR count). The van der Waals surface area contributed by atoms with E-state index in [2.05, 4.69) is 4.72 Å². The molecule has 0 spiro atoms. The van der Waals surface area contributed by atoms with E-state index in [9.17, 15) is 13.2 Å². The lowest BCUT2D eigenvalue weighted by Crippen LogP contribution is -2.38. The molecule has 1 aromatic rings. The number of carbonyl (C=O) groups is 1. The van der Waals surface area contributed by atoms with Crippen LogP contribution in [0.3, 0.4) is 0 Å². The normalized spacial score (nSPS) is 21.8. The van der Waals surface area contributed by atoms with Crippen LogP contribution in [-0.4, -0.2) is 32.7 Å². The van der Waals surface area contributed by atoms with Crippen molar-refractivity contribution in [2.24, 2.45) is 5.92 Å². The van der Waals surface area contributed by atoms with Crippen molar-refractivity contribution >= 4 is 33.4 Å². The number of nitrogens with one attached hydrogen (secondary N) is 1. The Morgan fingerprint density at radius 3 is 2.60 bits per heavy atom. The van der Waals surface area contributed by atoms with Crippen LogP contribution in [0.1, 0.15) is 44.9 Å². The number of nitrogens with zero attached hydrogens (tertiary/aromatic N) is 1. The lowest BCUT2D eigenvalue weighted by Gasteiger charge is -2.30. The van der Waals surface area contributed by atoms with E-state index >= 15 is 0 Å². The molecule has 0 bridgehead atoms. The third-order valence-corrected chi connectivity index (χ3v) is 7.78. The Morgan fingerprint density at radius 1 is 1.12 bits per heavy atom. The second-order valence-corrected chi connectivity index (χ2v) is 10.0. The molecule has 0 aromatic heterocycles. The minimum Gasteiger partial charge on any atom is -0.310 e. The van der Waals surface area contributed by atoms with Gasteiger partial charge in [0.25, 0.3) is 0 Å². The van der Waals surface area contributed by atoms with Crippen molar-refractivity contribution in [2.45, 2.75) is 60.8 Å². The summed E-state index contributed by atoms with van der Waals surface area (Å²) in [6, 6.07) is 5.24. The van der Waals surface area contributed by atoms with Gasteiger partial charge < -0.3 is 4.90 Å². The van der Waals surface area contributed by atoms with Crippen LogP contribution in [0.15, 0.2) is 28.0 Å². The van der Waals surface area contributed by atoms with Crippen molar-refractivity contribution in [3.8, 4) is 0 Å². The number of anilines is 1. The zero-order chi connectivity index (χ0) is 17.4. The van der Waals surface area contributed by atoms with Gasteiger partial charge in [-0.1, -0.05) is 19.3 Å². The van der Waals surface area contributed by atoms with E-state index in [1.165, 1.54) is 6.42 Å². The number of rotatable bonds is 4. The highest BCUT2D eigenvalue weighted by atomic mass is 32.2. The summed E-state index contributed by atoms with van der Waals surface area (Å²) in [5, 5.41) is 0. The highest BCUT2D eigenvalue weighted by molar-refractivity contribution is 7.99. The maximum atomic E-state index is 12.8. The van der Waals surface area contributed by atoms with E-state index in [0.717, 1.165) is 54.9 Å². The Bertz CT molecular complexity index is 769. The molecular weight excluding hydrogens is 356 g/mol. The van der Waals surface area contributed by atoms with Gasteiger partial charge in [-0.05, 0) is 43.9 Å². The van der Waals surface area contributed by atoms with Gasteiger partial charge in [-0.15, -0.1) is 11.8 Å². The number of benzene rings is 1. The number of hydrogen-bond acceptors (Lipinski definition) is 4. The monoisotopic (exact) mass is 380 g/mol. The van der Waals surface area contributed by atoms with Gasteiger partial charge in [0.1, 0.15) is 0 Å². The molecule has 2 aliphatic carbocycles. The summed E-state index contributed by atoms with van der Waals surface area (Å²) in [5.74, 6) is 1.14. The molecule has 25 heavy (non-hydrogen) atoms. The molecule has 3 aliphatic rings. The lowest BCUT2D eigenvalue weighted by molar-refractivity contribution is -0.119. The fourth-order valence-corrected chi connectivity index (χ4v) is 5.95. The molecule has 0 unspecified atom stereocenters. The summed E-state index contributed by atoms with van der Waals surface area (Å²) in [5.41, 5.74) is 0.764. The van der Waals surface area contributed by atoms with Crippen molar-refractivity contribution in [1.29, 1.82) is 0 Å². The topological polar surface area (TPSA) is 66.5 Å². The van der Waals surface area contributed by atoms with Gasteiger partial charge in [-0.25, -0.2) is 13.1 Å². The van der Waals surface area contributed by atoms with E-state index in [1.807, 2.05) is 6.07 Å². The predicted molar refractivity (Wildman–Crippen MR) is 99.4 cm³/mol. The quantitative estimate of drug-likeness (QED) is 0.871. The molecule has 2 fully saturated rings. The smallest absolute Gasteiger partial charge is 0.240 e. The Labute approximate surface area is 153 Å². The molecule has 5 nitrogen and oxygen atoms in total. The number of fused-ring (bicyclic) bond motifs is 1. The molecule has 0 radical (unpaired) electrons. The highest BCUT2D eigenvalue weighted by Gasteiger charge is 2.36. The summed E-state index contributed by atoms with van der Waals surface area (Å²) >= 11 is 1.69. The van der Waals surface area contributed by atoms with E-state index in [1.54, 1.807) is 28.8 Å². The van der Waals surface area contributed by atoms with Crippen molar-refractivity contribution in [3.05, 3.63) is 18.2 Å². The van der Waals surface area contributed by atoms with Gasteiger partial charge in [-0.2, -0.15) is 0 Å². The molecule has 0 atom stereocenters. The number of carbonyl (C=O) groups excluding carboxylic acids is 1. The van der Waals surface area contributed by atoms with Crippen LogP contribution < -0.4 is 9.62 Å². The molecule has 7 heteroatoms. The molecule has 2 saturated carbocycles. The number of sulfonamides is 1. The minimum atomic E-state index is -3.54. The number of amides is 1. The predicted octanol–water partition coefficient (Wildman–Crippen LogP) is 3.15. The average molecular weight is 381 g/mol. The van der Waals surface area contributed by atoms with Crippen LogP contribution in [0.4, 0.5) is 5.69 Å². The molecular formula is C18H24N2O3S2. The first kappa shape index (κ1) is 17.4. The zero-order valence-corrected chi connectivity index (χ0v) is 15.9. The van der Waals surface area contributed by atoms with Crippen LogP contribution in [0.5, 0.6) is 0 Å². The first-order valence-electron chi connectivity index (χ1n) is 9.15. The van der Waals surface area contributed by atoms with Crippen LogP contribution >= 0.6 is 11.8 Å². The zero-order valence-electron chi connectivity index (χ0n) is 14.2. The lowest BCUT2D eigenvalue weighted by atomic mass is 9.96. The Kier molecular flexibility index (Phi) is 4.81. The fraction of sp³-hybridized carbons (Fsp3) is 0.611. The van der Waals surface area contributed by atoms with Gasteiger partial charge in [-0.3, -0.25) is 4.79 Å². The maximum Gasteiger partial charge on any atom is 0.240 e. The first-order valence-corrected chi connectivity index (χ1v) is 11.6. The van der Waals surface area contributed by atoms with Gasteiger partial charge in [0.05, 0.1) is 10.6 Å². The number of thioether (sulfide) groups is 1. The summed E-state index contributed by atoms with van der Waals surface area (Å²) in [6.45, 7) is 0.659. The first-order chi connectivity index (χ1) is 12.0. The van der Waals surface area contributed by atoms with Crippen molar-refractivity contribution in [2.75, 3.05) is 17.2 Å². The fourth-order valence-electron chi connectivity index (χ4n) is 3.65. The van der Waals surface area contributed by atoms with Gasteiger partial charge >= 0.3 is 0 Å². The number of hydrogen-bond donors (Lipinski definition) is 1. The maximum absolute atomic E-state index is 12.8. The second-order valence-electron chi connectivity index (χ2n) is 7.20. The van der Waals surface area contributed by atoms with Crippen LogP contribution in [0.25, 0.3) is 0 Å². The Morgan fingerprint density at radius 2 is 1.88 bits per heavy atom. The van der Waals surface area contributed by atoms with E-state index in [0.29, 0.717) is 6.54 Å². The molecule has 136 valence electrons. The van der Waals surface area contributed by atoms with E-state index < -0.39 is 10.0 Å². The van der Waals surface area contributed by atoms with Gasteiger partial charge in [0, 0.05) is 29.2 Å². The van der Waals surface area contributed by atoms with Crippen LogP contribution in [0, 0.1) is 5.92 Å². The van der Waals surface area contributed by atoms with Gasteiger partial charge in [0.15, 0.2) is 0 Å². The van der Waals surface area contributed by atoms with Crippen molar-refractivity contribution < 1.29 is 13.2 Å². The van der Waals surface area contributed by atoms with Crippen molar-refractivity contribution in [1.82, 2.24) is 4.72 Å². The standard InChI is InChI=1S/C18H24N2O3S2/c21-18(13-6-7-13)20-10-11-24-17-9-8-15(12-16(17)20)25(22,23)19-14-4-2-1-3-5-14/h8-9,12-14,19H,1-7,10-11H2.